The van der Waals surface area contributed by atoms with Crippen LogP contribution < -0.4 is 14.8 Å². The second-order valence-corrected chi connectivity index (χ2v) is 5.49. The zero-order valence-corrected chi connectivity index (χ0v) is 14.0. The quantitative estimate of drug-likeness (QED) is 0.785. The number of nitrogens with one attached hydrogen (secondary N) is 1. The van der Waals surface area contributed by atoms with E-state index in [-0.39, 0.29) is 12.6 Å². The molecule has 0 aliphatic carbocycles. The van der Waals surface area contributed by atoms with Crippen molar-refractivity contribution in [3.05, 3.63) is 59.2 Å². The van der Waals surface area contributed by atoms with Crippen LogP contribution in [-0.2, 0) is 6.54 Å². The minimum atomic E-state index is 0.119. The number of benzene rings is 2. The Balaban J connectivity index is 2.14. The van der Waals surface area contributed by atoms with Gasteiger partial charge in [0.1, 0.15) is 0 Å². The highest BCUT2D eigenvalue weighted by Crippen LogP contribution is 2.30. The maximum atomic E-state index is 9.32. The highest BCUT2D eigenvalue weighted by molar-refractivity contribution is 5.47. The van der Waals surface area contributed by atoms with Crippen molar-refractivity contribution in [1.82, 2.24) is 5.32 Å². The maximum Gasteiger partial charge on any atom is 0.161 e. The smallest absolute Gasteiger partial charge is 0.161 e. The van der Waals surface area contributed by atoms with E-state index in [4.69, 9.17) is 9.47 Å². The lowest BCUT2D eigenvalue weighted by Gasteiger charge is -2.20. The lowest BCUT2D eigenvalue weighted by molar-refractivity contribution is 0.265. The normalized spacial score (nSPS) is 12.0. The molecule has 1 atom stereocenters. The minimum absolute atomic E-state index is 0.119. The predicted molar refractivity (Wildman–Crippen MR) is 92.0 cm³/mol. The van der Waals surface area contributed by atoms with E-state index in [0.29, 0.717) is 13.0 Å². The number of hydrogen-bond acceptors (Lipinski definition) is 4. The first-order valence-corrected chi connectivity index (χ1v) is 7.80. The average Bonchev–Trinajstić information content (AvgIpc) is 2.59. The van der Waals surface area contributed by atoms with E-state index in [9.17, 15) is 5.11 Å². The van der Waals surface area contributed by atoms with Gasteiger partial charge in [-0.25, -0.2) is 0 Å². The fourth-order valence-electron chi connectivity index (χ4n) is 2.65. The van der Waals surface area contributed by atoms with Crippen molar-refractivity contribution < 1.29 is 14.6 Å². The topological polar surface area (TPSA) is 50.7 Å². The summed E-state index contributed by atoms with van der Waals surface area (Å²) in [5.74, 6) is 1.47. The molecule has 4 heteroatoms. The van der Waals surface area contributed by atoms with Gasteiger partial charge in [-0.15, -0.1) is 0 Å². The molecule has 2 rings (SSSR count). The van der Waals surface area contributed by atoms with E-state index < -0.39 is 0 Å². The Labute approximate surface area is 138 Å². The van der Waals surface area contributed by atoms with Crippen LogP contribution in [0.15, 0.2) is 42.5 Å². The third kappa shape index (κ3) is 4.47. The van der Waals surface area contributed by atoms with Gasteiger partial charge >= 0.3 is 0 Å². The van der Waals surface area contributed by atoms with Gasteiger partial charge in [0.15, 0.2) is 11.5 Å². The van der Waals surface area contributed by atoms with Crippen LogP contribution in [0.5, 0.6) is 11.5 Å². The van der Waals surface area contributed by atoms with Gasteiger partial charge in [-0.05, 0) is 42.2 Å². The van der Waals surface area contributed by atoms with Gasteiger partial charge in [-0.1, -0.05) is 30.3 Å². The first-order valence-electron chi connectivity index (χ1n) is 7.80. The van der Waals surface area contributed by atoms with Gasteiger partial charge in [0.05, 0.1) is 14.2 Å². The van der Waals surface area contributed by atoms with Crippen LogP contribution in [0.1, 0.15) is 29.2 Å². The summed E-state index contributed by atoms with van der Waals surface area (Å²) >= 11 is 0. The minimum Gasteiger partial charge on any atom is -0.493 e. The van der Waals surface area contributed by atoms with Crippen molar-refractivity contribution in [2.75, 3.05) is 20.8 Å². The molecule has 0 spiro atoms. The molecule has 0 saturated heterocycles. The lowest BCUT2D eigenvalue weighted by Crippen LogP contribution is -2.22. The Hall–Kier alpha value is -2.04. The van der Waals surface area contributed by atoms with E-state index in [1.807, 2.05) is 30.3 Å². The summed E-state index contributed by atoms with van der Waals surface area (Å²) in [6, 6.07) is 14.3. The van der Waals surface area contributed by atoms with Crippen molar-refractivity contribution in [3.8, 4) is 11.5 Å². The van der Waals surface area contributed by atoms with Gasteiger partial charge in [0.25, 0.3) is 0 Å². The van der Waals surface area contributed by atoms with Crippen molar-refractivity contribution >= 4 is 0 Å². The third-order valence-electron chi connectivity index (χ3n) is 4.00. The second kappa shape index (κ2) is 8.56. The van der Waals surface area contributed by atoms with E-state index in [1.54, 1.807) is 14.2 Å². The average molecular weight is 315 g/mol. The Morgan fingerprint density at radius 3 is 2.30 bits per heavy atom. The number of ether oxygens (including phenoxy) is 2. The third-order valence-corrected chi connectivity index (χ3v) is 4.00. The molecule has 0 saturated carbocycles. The summed E-state index contributed by atoms with van der Waals surface area (Å²) in [5, 5.41) is 12.9. The number of methoxy groups -OCH3 is 2. The predicted octanol–water partition coefficient (Wildman–Crippen LogP) is 3.23. The fourth-order valence-corrected chi connectivity index (χ4v) is 2.65. The molecule has 2 aromatic carbocycles. The molecule has 0 aliphatic rings. The van der Waals surface area contributed by atoms with Crippen molar-refractivity contribution in [3.63, 3.8) is 0 Å². The molecular formula is C19H25NO3. The number of aliphatic hydroxyl groups excluding tert-OH is 1. The summed E-state index contributed by atoms with van der Waals surface area (Å²) in [6.45, 7) is 2.91. The highest BCUT2D eigenvalue weighted by Gasteiger charge is 2.13. The standard InChI is InChI=1S/C19H25NO3/c1-14-11-18(22-2)19(23-3)12-16(14)13-20-17(9-10-21)15-7-5-4-6-8-15/h4-8,11-12,17,20-21H,9-10,13H2,1-3H3/t17-/m1/s1. The van der Waals surface area contributed by atoms with Crippen LogP contribution in [-0.4, -0.2) is 25.9 Å². The van der Waals surface area contributed by atoms with Crippen molar-refractivity contribution in [2.24, 2.45) is 0 Å². The molecule has 0 radical (unpaired) electrons. The monoisotopic (exact) mass is 315 g/mol. The molecule has 0 heterocycles. The SMILES string of the molecule is COc1cc(C)c(CN[C@H](CCO)c2ccccc2)cc1OC. The Bertz CT molecular complexity index is 614. The van der Waals surface area contributed by atoms with E-state index in [2.05, 4.69) is 24.4 Å². The van der Waals surface area contributed by atoms with Crippen molar-refractivity contribution in [1.29, 1.82) is 0 Å². The lowest BCUT2D eigenvalue weighted by atomic mass is 10.0. The summed E-state index contributed by atoms with van der Waals surface area (Å²) in [4.78, 5) is 0. The summed E-state index contributed by atoms with van der Waals surface area (Å²) in [5.41, 5.74) is 3.48. The van der Waals surface area contributed by atoms with Gasteiger partial charge in [-0.3, -0.25) is 0 Å². The number of rotatable bonds is 8. The maximum absolute atomic E-state index is 9.32. The van der Waals surface area contributed by atoms with Crippen LogP contribution in [0.3, 0.4) is 0 Å². The summed E-state index contributed by atoms with van der Waals surface area (Å²) in [7, 11) is 3.28. The highest BCUT2D eigenvalue weighted by atomic mass is 16.5. The van der Waals surface area contributed by atoms with Gasteiger partial charge in [0.2, 0.25) is 0 Å². The van der Waals surface area contributed by atoms with Crippen LogP contribution in [0, 0.1) is 6.92 Å². The number of hydrogen-bond donors (Lipinski definition) is 2. The second-order valence-electron chi connectivity index (χ2n) is 5.49. The van der Waals surface area contributed by atoms with E-state index >= 15 is 0 Å². The molecule has 0 fully saturated rings. The van der Waals surface area contributed by atoms with Crippen LogP contribution in [0.25, 0.3) is 0 Å². The Kier molecular flexibility index (Phi) is 6.44. The van der Waals surface area contributed by atoms with E-state index in [0.717, 1.165) is 22.6 Å². The molecule has 0 unspecified atom stereocenters. The summed E-state index contributed by atoms with van der Waals surface area (Å²) < 4.78 is 10.7. The molecule has 124 valence electrons. The first kappa shape index (κ1) is 17.3. The molecule has 2 aromatic rings. The van der Waals surface area contributed by atoms with Crippen LogP contribution in [0.4, 0.5) is 0 Å². The van der Waals surface area contributed by atoms with Gasteiger partial charge in [0, 0.05) is 19.2 Å². The molecular weight excluding hydrogens is 290 g/mol. The van der Waals surface area contributed by atoms with Crippen LogP contribution in [0.2, 0.25) is 0 Å². The molecule has 4 nitrogen and oxygen atoms in total. The van der Waals surface area contributed by atoms with Gasteiger partial charge in [-0.2, -0.15) is 0 Å². The summed E-state index contributed by atoms with van der Waals surface area (Å²) in [6.07, 6.45) is 0.677. The first-order chi connectivity index (χ1) is 11.2. The largest absolute Gasteiger partial charge is 0.493 e. The molecule has 23 heavy (non-hydrogen) atoms. The molecule has 0 bridgehead atoms. The fraction of sp³-hybridized carbons (Fsp3) is 0.368. The number of aryl methyl sites for hydroxylation is 1. The van der Waals surface area contributed by atoms with Crippen LogP contribution >= 0.6 is 0 Å². The Morgan fingerprint density at radius 2 is 1.70 bits per heavy atom. The van der Waals surface area contributed by atoms with Gasteiger partial charge < -0.3 is 19.9 Å². The number of aliphatic hydroxyl groups is 1. The zero-order valence-electron chi connectivity index (χ0n) is 14.0. The molecule has 2 N–H and O–H groups in total. The van der Waals surface area contributed by atoms with Crippen molar-refractivity contribution in [2.45, 2.75) is 25.9 Å². The van der Waals surface area contributed by atoms with E-state index in [1.165, 1.54) is 5.56 Å². The molecule has 0 aliphatic heterocycles. The molecule has 0 amide bonds. The molecule has 0 aromatic heterocycles. The zero-order chi connectivity index (χ0) is 16.7. The Morgan fingerprint density at radius 1 is 1.04 bits per heavy atom.